The lowest BCUT2D eigenvalue weighted by molar-refractivity contribution is -0.138. The van der Waals surface area contributed by atoms with Crippen molar-refractivity contribution in [1.82, 2.24) is 0 Å². The molecule has 0 aromatic heterocycles. The lowest BCUT2D eigenvalue weighted by Gasteiger charge is -2.14. The zero-order chi connectivity index (χ0) is 27.2. The topological polar surface area (TPSA) is 77.4 Å². The number of halogens is 3. The van der Waals surface area contributed by atoms with Crippen LogP contribution in [-0.4, -0.2) is 29.8 Å². The highest BCUT2D eigenvalue weighted by molar-refractivity contribution is 14.1. The number of hydrogen-bond acceptors (Lipinski definition) is 7. The molecule has 0 bridgehead atoms. The Bertz CT molecular complexity index is 1460. The third-order valence-electron chi connectivity index (χ3n) is 5.29. The van der Waals surface area contributed by atoms with Gasteiger partial charge in [0.15, 0.2) is 11.5 Å². The van der Waals surface area contributed by atoms with Gasteiger partial charge < -0.3 is 19.3 Å². The molecule has 1 N–H and O–H groups in total. The van der Waals surface area contributed by atoms with Gasteiger partial charge in [-0.3, -0.25) is 0 Å². The third kappa shape index (κ3) is 6.66. The Hall–Kier alpha value is -2.66. The Morgan fingerprint density at radius 3 is 2.58 bits per heavy atom. The standard InChI is InChI=1S/C28H22Cl2INO5S/c1-3-36-28(34)24-25(33)23(38-27(24)32-19-7-5-4-6-8-19)13-16-11-21(31)26(22(12-16)35-2)37-15-17-9-10-18(29)14-20(17)30/h4-14,33H,3,15H2,1-2H3/b23-13-,32-27?. The van der Waals surface area contributed by atoms with Gasteiger partial charge in [-0.25, -0.2) is 9.79 Å². The number of rotatable bonds is 8. The summed E-state index contributed by atoms with van der Waals surface area (Å²) in [7, 11) is 1.55. The molecule has 3 aromatic rings. The van der Waals surface area contributed by atoms with E-state index in [1.54, 1.807) is 38.3 Å². The Kier molecular flexibility index (Phi) is 9.64. The number of aliphatic hydroxyl groups excluding tert-OH is 1. The van der Waals surface area contributed by atoms with Gasteiger partial charge in [0.25, 0.3) is 0 Å². The van der Waals surface area contributed by atoms with E-state index in [0.717, 1.165) is 14.7 Å². The molecule has 0 spiro atoms. The largest absolute Gasteiger partial charge is 0.506 e. The van der Waals surface area contributed by atoms with E-state index in [-0.39, 0.29) is 24.5 Å². The number of carbonyl (C=O) groups excluding carboxylic acids is 1. The Balaban J connectivity index is 1.66. The van der Waals surface area contributed by atoms with Gasteiger partial charge in [-0.2, -0.15) is 0 Å². The SMILES string of the molecule is CCOC(=O)C1=C(O)/C(=C/c2cc(I)c(OCc3ccc(Cl)cc3Cl)c(OC)c2)SC1=Nc1ccccc1. The summed E-state index contributed by atoms with van der Waals surface area (Å²) in [5, 5.41) is 12.4. The van der Waals surface area contributed by atoms with Crippen LogP contribution in [0.1, 0.15) is 18.1 Å². The summed E-state index contributed by atoms with van der Waals surface area (Å²) in [5.41, 5.74) is 2.22. The summed E-state index contributed by atoms with van der Waals surface area (Å²) < 4.78 is 17.6. The van der Waals surface area contributed by atoms with Crippen LogP contribution in [0, 0.1) is 3.57 Å². The van der Waals surface area contributed by atoms with Crippen molar-refractivity contribution in [2.24, 2.45) is 4.99 Å². The molecule has 6 nitrogen and oxygen atoms in total. The molecule has 0 saturated carbocycles. The smallest absolute Gasteiger partial charge is 0.344 e. The van der Waals surface area contributed by atoms with Gasteiger partial charge in [-0.05, 0) is 77.6 Å². The minimum absolute atomic E-state index is 0.0356. The second-order valence-corrected chi connectivity index (χ2v) is 10.9. The van der Waals surface area contributed by atoms with Gasteiger partial charge >= 0.3 is 5.97 Å². The first-order chi connectivity index (χ1) is 18.3. The number of benzene rings is 3. The fourth-order valence-electron chi connectivity index (χ4n) is 3.51. The normalized spacial score (nSPS) is 15.3. The molecular weight excluding hydrogens is 660 g/mol. The molecule has 10 heteroatoms. The summed E-state index contributed by atoms with van der Waals surface area (Å²) >= 11 is 15.6. The molecule has 196 valence electrons. The average Bonchev–Trinajstić information content (AvgIpc) is 3.18. The number of ether oxygens (including phenoxy) is 3. The Morgan fingerprint density at radius 2 is 1.89 bits per heavy atom. The number of hydrogen-bond donors (Lipinski definition) is 1. The minimum Gasteiger partial charge on any atom is -0.506 e. The number of esters is 1. The highest BCUT2D eigenvalue weighted by Crippen LogP contribution is 2.42. The van der Waals surface area contributed by atoms with E-state index in [1.165, 1.54) is 11.8 Å². The second-order valence-electron chi connectivity index (χ2n) is 7.87. The van der Waals surface area contributed by atoms with Gasteiger partial charge in [0.1, 0.15) is 23.0 Å². The first-order valence-corrected chi connectivity index (χ1v) is 14.0. The predicted molar refractivity (Wildman–Crippen MR) is 162 cm³/mol. The second kappa shape index (κ2) is 12.9. The summed E-state index contributed by atoms with van der Waals surface area (Å²) in [4.78, 5) is 17.7. The summed E-state index contributed by atoms with van der Waals surface area (Å²) in [5.74, 6) is 0.241. The van der Waals surface area contributed by atoms with Crippen LogP contribution in [0.3, 0.4) is 0 Å². The minimum atomic E-state index is -0.632. The lowest BCUT2D eigenvalue weighted by atomic mass is 10.1. The van der Waals surface area contributed by atoms with Gasteiger partial charge in [0.05, 0.1) is 27.9 Å². The van der Waals surface area contributed by atoms with Crippen LogP contribution in [0.2, 0.25) is 10.0 Å². The molecule has 1 aliphatic heterocycles. The van der Waals surface area contributed by atoms with Gasteiger partial charge in [-0.15, -0.1) is 0 Å². The third-order valence-corrected chi connectivity index (χ3v) is 7.70. The van der Waals surface area contributed by atoms with Crippen LogP contribution in [0.4, 0.5) is 5.69 Å². The monoisotopic (exact) mass is 681 g/mol. The van der Waals surface area contributed by atoms with Crippen molar-refractivity contribution in [3.63, 3.8) is 0 Å². The molecule has 0 atom stereocenters. The maximum atomic E-state index is 12.7. The van der Waals surface area contributed by atoms with Crippen molar-refractivity contribution in [3.05, 3.63) is 102 Å². The summed E-state index contributed by atoms with van der Waals surface area (Å²) in [6.07, 6.45) is 1.76. The molecule has 0 radical (unpaired) electrons. The van der Waals surface area contributed by atoms with Crippen LogP contribution in [0.15, 0.2) is 81.9 Å². The van der Waals surface area contributed by atoms with Gasteiger partial charge in [0, 0.05) is 15.6 Å². The number of thioether (sulfide) groups is 1. The fraction of sp³-hybridized carbons (Fsp3) is 0.143. The number of aliphatic hydroxyl groups is 1. The molecule has 4 rings (SSSR count). The van der Waals surface area contributed by atoms with Crippen LogP contribution in [0.25, 0.3) is 6.08 Å². The molecule has 3 aromatic carbocycles. The summed E-state index contributed by atoms with van der Waals surface area (Å²) in [6.45, 7) is 2.11. The van der Waals surface area contributed by atoms with Crippen molar-refractivity contribution in [3.8, 4) is 11.5 Å². The van der Waals surface area contributed by atoms with Crippen LogP contribution >= 0.6 is 57.6 Å². The Morgan fingerprint density at radius 1 is 1.13 bits per heavy atom. The zero-order valence-corrected chi connectivity index (χ0v) is 24.8. The van der Waals surface area contributed by atoms with E-state index < -0.39 is 5.97 Å². The number of aliphatic imine (C=N–C) groups is 1. The first kappa shape index (κ1) is 28.4. The number of methoxy groups -OCH3 is 1. The molecule has 1 heterocycles. The molecule has 1 aliphatic rings. The van der Waals surface area contributed by atoms with Gasteiger partial charge in [0.2, 0.25) is 0 Å². The van der Waals surface area contributed by atoms with Crippen LogP contribution in [-0.2, 0) is 16.1 Å². The van der Waals surface area contributed by atoms with Crippen molar-refractivity contribution in [1.29, 1.82) is 0 Å². The molecule has 38 heavy (non-hydrogen) atoms. The molecule has 0 saturated heterocycles. The average molecular weight is 682 g/mol. The van der Waals surface area contributed by atoms with E-state index in [9.17, 15) is 9.90 Å². The lowest BCUT2D eigenvalue weighted by Crippen LogP contribution is -2.12. The highest BCUT2D eigenvalue weighted by atomic mass is 127. The summed E-state index contributed by atoms with van der Waals surface area (Å²) in [6, 6.07) is 18.1. The van der Waals surface area contributed by atoms with E-state index in [2.05, 4.69) is 27.6 Å². The molecular formula is C28H22Cl2INO5S. The van der Waals surface area contributed by atoms with Crippen molar-refractivity contribution < 1.29 is 24.1 Å². The van der Waals surface area contributed by atoms with E-state index in [0.29, 0.717) is 37.2 Å². The Labute approximate surface area is 248 Å². The number of para-hydroxylation sites is 1. The number of nitrogens with zero attached hydrogens (tertiary/aromatic N) is 1. The first-order valence-electron chi connectivity index (χ1n) is 11.4. The van der Waals surface area contributed by atoms with Crippen molar-refractivity contribution in [2.45, 2.75) is 13.5 Å². The zero-order valence-electron chi connectivity index (χ0n) is 20.3. The quantitative estimate of drug-likeness (QED) is 0.190. The van der Waals surface area contributed by atoms with Crippen LogP contribution in [0.5, 0.6) is 11.5 Å². The maximum absolute atomic E-state index is 12.7. The predicted octanol–water partition coefficient (Wildman–Crippen LogP) is 8.38. The van der Waals surface area contributed by atoms with E-state index >= 15 is 0 Å². The fourth-order valence-corrected chi connectivity index (χ4v) is 5.79. The molecule has 0 aliphatic carbocycles. The van der Waals surface area contributed by atoms with Crippen molar-refractivity contribution >= 4 is 80.3 Å². The van der Waals surface area contributed by atoms with Gasteiger partial charge in [-0.1, -0.05) is 59.2 Å². The van der Waals surface area contributed by atoms with E-state index in [1.807, 2.05) is 42.5 Å². The molecule has 0 amide bonds. The van der Waals surface area contributed by atoms with E-state index in [4.69, 9.17) is 37.4 Å². The molecule has 0 unspecified atom stereocenters. The highest BCUT2D eigenvalue weighted by Gasteiger charge is 2.33. The van der Waals surface area contributed by atoms with Crippen LogP contribution < -0.4 is 9.47 Å². The number of carbonyl (C=O) groups is 1. The van der Waals surface area contributed by atoms with Crippen molar-refractivity contribution in [2.75, 3.05) is 13.7 Å². The molecule has 0 fully saturated rings. The maximum Gasteiger partial charge on any atom is 0.344 e.